The fourth-order valence-corrected chi connectivity index (χ4v) is 6.39. The Morgan fingerprint density at radius 3 is 2.62 bits per heavy atom. The highest BCUT2D eigenvalue weighted by Crippen LogP contribution is 2.49. The van der Waals surface area contributed by atoms with Crippen molar-refractivity contribution in [3.05, 3.63) is 0 Å². The number of halogens is 3. The van der Waals surface area contributed by atoms with Crippen molar-refractivity contribution in [1.82, 2.24) is 20.7 Å². The number of hydrazine groups is 1. The summed E-state index contributed by atoms with van der Waals surface area (Å²) in [5.41, 5.74) is 6.47. The van der Waals surface area contributed by atoms with Crippen LogP contribution in [0, 0.1) is 29.6 Å². The molecule has 4 aliphatic rings. The van der Waals surface area contributed by atoms with Gasteiger partial charge < -0.3 is 4.90 Å². The molecule has 0 spiro atoms. The minimum Gasteiger partial charge on any atom is -0.339 e. The van der Waals surface area contributed by atoms with Gasteiger partial charge in [0.05, 0.1) is 18.8 Å². The van der Waals surface area contributed by atoms with Crippen LogP contribution in [0.5, 0.6) is 0 Å². The van der Waals surface area contributed by atoms with Crippen LogP contribution in [0.15, 0.2) is 0 Å². The Morgan fingerprint density at radius 1 is 1.17 bits per heavy atom. The van der Waals surface area contributed by atoms with Crippen LogP contribution in [0.4, 0.5) is 13.2 Å². The van der Waals surface area contributed by atoms with Crippen LogP contribution in [0.3, 0.4) is 0 Å². The summed E-state index contributed by atoms with van der Waals surface area (Å²) in [7, 11) is 2.09. The standard InChI is InChI=1S/C21H35F3N4O/c1-13(9-19-26-25-12-27(19)2)14-5-3-6-15(10-14)28-11-17-16(20(28)29)7-4-8-18(17)21(22,23)24/h13-19,25-26H,3-12H2,1-2H3/t13-,14?,15?,16?,17?,18?,19?/m1/s1. The fourth-order valence-electron chi connectivity index (χ4n) is 6.39. The van der Waals surface area contributed by atoms with Gasteiger partial charge in [0, 0.05) is 18.5 Å². The minimum absolute atomic E-state index is 0.00338. The van der Waals surface area contributed by atoms with E-state index in [1.807, 2.05) is 4.90 Å². The van der Waals surface area contributed by atoms with Gasteiger partial charge in [-0.15, -0.1) is 0 Å². The van der Waals surface area contributed by atoms with Crippen molar-refractivity contribution in [3.63, 3.8) is 0 Å². The van der Waals surface area contributed by atoms with Crippen molar-refractivity contribution in [2.24, 2.45) is 29.6 Å². The lowest BCUT2D eigenvalue weighted by Crippen LogP contribution is -2.43. The first-order chi connectivity index (χ1) is 13.8. The number of nitrogens with zero attached hydrogens (tertiary/aromatic N) is 2. The van der Waals surface area contributed by atoms with Crippen molar-refractivity contribution >= 4 is 5.91 Å². The maximum absolute atomic E-state index is 13.5. The molecule has 6 unspecified atom stereocenters. The molecule has 0 aromatic rings. The molecule has 7 atom stereocenters. The lowest BCUT2D eigenvalue weighted by atomic mass is 9.73. The third-order valence-electron chi connectivity index (χ3n) is 8.15. The highest BCUT2D eigenvalue weighted by Gasteiger charge is 2.55. The van der Waals surface area contributed by atoms with Gasteiger partial charge in [-0.1, -0.05) is 26.2 Å². The van der Waals surface area contributed by atoms with E-state index >= 15 is 0 Å². The molecule has 1 amide bonds. The van der Waals surface area contributed by atoms with E-state index in [4.69, 9.17) is 0 Å². The fraction of sp³-hybridized carbons (Fsp3) is 0.952. The molecular weight excluding hydrogens is 381 g/mol. The van der Waals surface area contributed by atoms with Gasteiger partial charge in [-0.05, 0) is 56.9 Å². The molecule has 0 aromatic heterocycles. The molecule has 2 aliphatic heterocycles. The molecule has 166 valence electrons. The lowest BCUT2D eigenvalue weighted by Gasteiger charge is -2.39. The normalized spacial score (nSPS) is 40.3. The molecular formula is C21H35F3N4O. The Bertz CT molecular complexity index is 601. The van der Waals surface area contributed by atoms with E-state index in [1.54, 1.807) is 0 Å². The SMILES string of the molecule is C[C@H](CC1NNCN1C)C1CCCC(N2CC3C(CCCC3C(F)(F)F)C2=O)C1. The zero-order valence-corrected chi connectivity index (χ0v) is 17.5. The molecule has 4 rings (SSSR count). The maximum atomic E-state index is 13.5. The van der Waals surface area contributed by atoms with E-state index in [9.17, 15) is 18.0 Å². The lowest BCUT2D eigenvalue weighted by molar-refractivity contribution is -0.198. The van der Waals surface area contributed by atoms with Gasteiger partial charge in [0.15, 0.2) is 0 Å². The highest BCUT2D eigenvalue weighted by atomic mass is 19.4. The monoisotopic (exact) mass is 416 g/mol. The first-order valence-corrected chi connectivity index (χ1v) is 11.3. The van der Waals surface area contributed by atoms with Gasteiger partial charge in [-0.25, -0.2) is 10.9 Å². The second-order valence-electron chi connectivity index (χ2n) is 9.89. The van der Waals surface area contributed by atoms with Crippen molar-refractivity contribution in [1.29, 1.82) is 0 Å². The Labute approximate surface area is 171 Å². The summed E-state index contributed by atoms with van der Waals surface area (Å²) in [4.78, 5) is 17.2. The van der Waals surface area contributed by atoms with Gasteiger partial charge in [-0.2, -0.15) is 13.2 Å². The van der Waals surface area contributed by atoms with Crippen molar-refractivity contribution < 1.29 is 18.0 Å². The summed E-state index contributed by atoms with van der Waals surface area (Å²) in [6.07, 6.45) is 2.60. The number of carbonyl (C=O) groups is 1. The summed E-state index contributed by atoms with van der Waals surface area (Å²) in [5, 5.41) is 0. The van der Waals surface area contributed by atoms with Gasteiger partial charge in [0.1, 0.15) is 0 Å². The number of nitrogens with one attached hydrogen (secondary N) is 2. The van der Waals surface area contributed by atoms with Crippen molar-refractivity contribution in [3.8, 4) is 0 Å². The average Bonchev–Trinajstić information content (AvgIpc) is 3.24. The van der Waals surface area contributed by atoms with Crippen LogP contribution < -0.4 is 10.9 Å². The summed E-state index contributed by atoms with van der Waals surface area (Å²) < 4.78 is 40.6. The van der Waals surface area contributed by atoms with Crippen LogP contribution in [0.25, 0.3) is 0 Å². The Balaban J connectivity index is 1.40. The third-order valence-corrected chi connectivity index (χ3v) is 8.15. The largest absolute Gasteiger partial charge is 0.392 e. The second-order valence-corrected chi connectivity index (χ2v) is 9.89. The summed E-state index contributed by atoms with van der Waals surface area (Å²) in [6, 6.07) is 0.121. The Kier molecular flexibility index (Phi) is 6.15. The molecule has 0 aromatic carbocycles. The van der Waals surface area contributed by atoms with E-state index in [0.717, 1.165) is 38.8 Å². The number of amides is 1. The van der Waals surface area contributed by atoms with Crippen LogP contribution in [0.1, 0.15) is 58.3 Å². The molecule has 29 heavy (non-hydrogen) atoms. The number of likely N-dealkylation sites (tertiary alicyclic amines) is 1. The van der Waals surface area contributed by atoms with Crippen LogP contribution in [-0.2, 0) is 4.79 Å². The van der Waals surface area contributed by atoms with Crippen molar-refractivity contribution in [2.45, 2.75) is 76.7 Å². The van der Waals surface area contributed by atoms with Crippen LogP contribution in [0.2, 0.25) is 0 Å². The van der Waals surface area contributed by atoms with E-state index < -0.39 is 23.9 Å². The topological polar surface area (TPSA) is 47.6 Å². The van der Waals surface area contributed by atoms with Crippen molar-refractivity contribution in [2.75, 3.05) is 20.3 Å². The van der Waals surface area contributed by atoms with E-state index in [0.29, 0.717) is 37.4 Å². The van der Waals surface area contributed by atoms with Crippen LogP contribution >= 0.6 is 0 Å². The number of alkyl halides is 3. The number of hydrogen-bond donors (Lipinski definition) is 2. The van der Waals surface area contributed by atoms with E-state index in [1.165, 1.54) is 0 Å². The number of rotatable bonds is 4. The van der Waals surface area contributed by atoms with Gasteiger partial charge in [-0.3, -0.25) is 9.69 Å². The van der Waals surface area contributed by atoms with Crippen LogP contribution in [-0.4, -0.2) is 54.4 Å². The van der Waals surface area contributed by atoms with E-state index in [2.05, 4.69) is 29.7 Å². The predicted molar refractivity (Wildman–Crippen MR) is 104 cm³/mol. The Hall–Kier alpha value is -0.860. The molecule has 0 bridgehead atoms. The molecule has 2 heterocycles. The number of fused-ring (bicyclic) bond motifs is 1. The highest BCUT2D eigenvalue weighted by molar-refractivity contribution is 5.82. The average molecular weight is 417 g/mol. The second kappa shape index (κ2) is 8.35. The molecule has 2 aliphatic carbocycles. The zero-order chi connectivity index (χ0) is 20.8. The number of carbonyl (C=O) groups excluding carboxylic acids is 1. The molecule has 2 saturated heterocycles. The van der Waals surface area contributed by atoms with Gasteiger partial charge in [0.25, 0.3) is 0 Å². The predicted octanol–water partition coefficient (Wildman–Crippen LogP) is 3.33. The molecule has 2 N–H and O–H groups in total. The smallest absolute Gasteiger partial charge is 0.339 e. The molecule has 4 fully saturated rings. The summed E-state index contributed by atoms with van der Waals surface area (Å²) in [5.74, 6) is -1.19. The van der Waals surface area contributed by atoms with E-state index in [-0.39, 0.29) is 18.4 Å². The quantitative estimate of drug-likeness (QED) is 0.738. The molecule has 5 nitrogen and oxygen atoms in total. The molecule has 8 heteroatoms. The zero-order valence-electron chi connectivity index (χ0n) is 17.5. The summed E-state index contributed by atoms with van der Waals surface area (Å²) in [6.45, 7) is 3.43. The van der Waals surface area contributed by atoms with Gasteiger partial charge >= 0.3 is 6.18 Å². The first-order valence-electron chi connectivity index (χ1n) is 11.3. The Morgan fingerprint density at radius 2 is 1.93 bits per heavy atom. The molecule has 2 saturated carbocycles. The maximum Gasteiger partial charge on any atom is 0.392 e. The first kappa shape index (κ1) is 21.4. The third kappa shape index (κ3) is 4.30. The van der Waals surface area contributed by atoms with Gasteiger partial charge in [0.2, 0.25) is 5.91 Å². The number of hydrogen-bond acceptors (Lipinski definition) is 4. The minimum atomic E-state index is -4.18. The summed E-state index contributed by atoms with van der Waals surface area (Å²) >= 11 is 0. The molecule has 0 radical (unpaired) electrons.